The van der Waals surface area contributed by atoms with Gasteiger partial charge in [-0.15, -0.1) is 5.10 Å². The fourth-order valence-electron chi connectivity index (χ4n) is 2.22. The van der Waals surface area contributed by atoms with Crippen molar-refractivity contribution in [3.8, 4) is 5.69 Å². The van der Waals surface area contributed by atoms with Gasteiger partial charge in [0.25, 0.3) is 5.91 Å². The third-order valence-electron chi connectivity index (χ3n) is 3.43. The normalized spacial score (nSPS) is 10.7. The summed E-state index contributed by atoms with van der Waals surface area (Å²) in [6.45, 7) is 2.50. The first-order chi connectivity index (χ1) is 11.3. The highest BCUT2D eigenvalue weighted by Gasteiger charge is 2.14. The summed E-state index contributed by atoms with van der Waals surface area (Å²) in [7, 11) is 0. The van der Waals surface area contributed by atoms with Crippen molar-refractivity contribution in [2.75, 3.05) is 6.54 Å². The molecule has 1 aromatic carbocycles. The van der Waals surface area contributed by atoms with Crippen molar-refractivity contribution in [3.63, 3.8) is 0 Å². The number of nitrogens with zero attached hydrogens (tertiary/aromatic N) is 4. The van der Waals surface area contributed by atoms with E-state index in [0.29, 0.717) is 24.3 Å². The highest BCUT2D eigenvalue weighted by Crippen LogP contribution is 2.11. The first-order valence-corrected chi connectivity index (χ1v) is 8.24. The topological polar surface area (TPSA) is 72.7 Å². The Morgan fingerprint density at radius 3 is 2.87 bits per heavy atom. The van der Waals surface area contributed by atoms with Crippen LogP contribution in [0.3, 0.4) is 0 Å². The van der Waals surface area contributed by atoms with Crippen molar-refractivity contribution in [1.82, 2.24) is 24.7 Å². The van der Waals surface area contributed by atoms with Crippen molar-refractivity contribution in [2.24, 2.45) is 0 Å². The Labute approximate surface area is 138 Å². The molecule has 3 aromatic rings. The average Bonchev–Trinajstić information content (AvgIpc) is 3.24. The molecule has 118 valence electrons. The molecule has 6 nitrogen and oxygen atoms in total. The van der Waals surface area contributed by atoms with E-state index in [1.165, 1.54) is 0 Å². The van der Waals surface area contributed by atoms with Gasteiger partial charge in [-0.25, -0.2) is 4.68 Å². The van der Waals surface area contributed by atoms with Gasteiger partial charge < -0.3 is 5.32 Å². The van der Waals surface area contributed by atoms with Crippen LogP contribution in [0.2, 0.25) is 0 Å². The highest BCUT2D eigenvalue weighted by molar-refractivity contribution is 7.08. The van der Waals surface area contributed by atoms with Crippen molar-refractivity contribution in [3.05, 3.63) is 58.9 Å². The summed E-state index contributed by atoms with van der Waals surface area (Å²) in [5.41, 5.74) is 2.71. The highest BCUT2D eigenvalue weighted by atomic mass is 32.1. The van der Waals surface area contributed by atoms with E-state index in [1.807, 2.05) is 54.2 Å². The molecule has 0 aliphatic rings. The van der Waals surface area contributed by atoms with Crippen LogP contribution in [0.4, 0.5) is 0 Å². The SMILES string of the molecule is CCc1nnsc1C(=O)NCCc1ccn(-c2ccccc2)n1. The van der Waals surface area contributed by atoms with Crippen molar-refractivity contribution < 1.29 is 4.79 Å². The Hall–Kier alpha value is -2.54. The summed E-state index contributed by atoms with van der Waals surface area (Å²) >= 11 is 1.14. The summed E-state index contributed by atoms with van der Waals surface area (Å²) in [4.78, 5) is 12.7. The molecule has 2 heterocycles. The van der Waals surface area contributed by atoms with Crippen LogP contribution in [-0.2, 0) is 12.8 Å². The lowest BCUT2D eigenvalue weighted by molar-refractivity contribution is 0.0957. The number of amides is 1. The molecule has 0 aliphatic carbocycles. The number of rotatable bonds is 6. The second-order valence-corrected chi connectivity index (χ2v) is 5.75. The summed E-state index contributed by atoms with van der Waals surface area (Å²) in [5, 5.41) is 11.4. The molecule has 0 atom stereocenters. The minimum absolute atomic E-state index is 0.112. The third kappa shape index (κ3) is 3.62. The number of carbonyl (C=O) groups excluding carboxylic acids is 1. The van der Waals surface area contributed by atoms with Crippen LogP contribution in [0.25, 0.3) is 5.69 Å². The molecule has 0 radical (unpaired) electrons. The molecule has 1 amide bonds. The van der Waals surface area contributed by atoms with Crippen LogP contribution in [0.1, 0.15) is 28.0 Å². The maximum atomic E-state index is 12.1. The minimum Gasteiger partial charge on any atom is -0.351 e. The maximum Gasteiger partial charge on any atom is 0.264 e. The van der Waals surface area contributed by atoms with Gasteiger partial charge in [-0.2, -0.15) is 5.10 Å². The predicted molar refractivity (Wildman–Crippen MR) is 88.9 cm³/mol. The number of carbonyl (C=O) groups is 1. The van der Waals surface area contributed by atoms with Crippen LogP contribution < -0.4 is 5.32 Å². The number of benzene rings is 1. The number of para-hydroxylation sites is 1. The monoisotopic (exact) mass is 327 g/mol. The number of hydrogen-bond donors (Lipinski definition) is 1. The first kappa shape index (κ1) is 15.4. The largest absolute Gasteiger partial charge is 0.351 e. The Morgan fingerprint density at radius 2 is 2.09 bits per heavy atom. The molecule has 0 unspecified atom stereocenters. The zero-order valence-electron chi connectivity index (χ0n) is 12.8. The Balaban J connectivity index is 1.55. The molecule has 0 spiro atoms. The van der Waals surface area contributed by atoms with Gasteiger partial charge in [0.1, 0.15) is 4.88 Å². The standard InChI is InChI=1S/C16H17N5OS/c1-2-14-15(23-20-18-14)16(22)17-10-8-12-9-11-21(19-12)13-6-4-3-5-7-13/h3-7,9,11H,2,8,10H2,1H3,(H,17,22). The lowest BCUT2D eigenvalue weighted by Crippen LogP contribution is -2.25. The summed E-state index contributed by atoms with van der Waals surface area (Å²) in [6, 6.07) is 11.9. The van der Waals surface area contributed by atoms with E-state index in [2.05, 4.69) is 20.0 Å². The van der Waals surface area contributed by atoms with E-state index in [-0.39, 0.29) is 5.91 Å². The lowest BCUT2D eigenvalue weighted by atomic mass is 10.2. The van der Waals surface area contributed by atoms with Crippen LogP contribution in [0, 0.1) is 0 Å². The summed E-state index contributed by atoms with van der Waals surface area (Å²) in [5.74, 6) is -0.112. The van der Waals surface area contributed by atoms with Crippen LogP contribution in [0.5, 0.6) is 0 Å². The van der Waals surface area contributed by atoms with Gasteiger partial charge in [-0.1, -0.05) is 29.6 Å². The number of aromatic nitrogens is 4. The molecule has 1 N–H and O–H groups in total. The fourth-order valence-corrected chi connectivity index (χ4v) is 2.88. The smallest absolute Gasteiger partial charge is 0.264 e. The lowest BCUT2D eigenvalue weighted by Gasteiger charge is -2.03. The number of aryl methyl sites for hydroxylation is 1. The molecule has 0 bridgehead atoms. The molecule has 2 aromatic heterocycles. The summed E-state index contributed by atoms with van der Waals surface area (Å²) < 4.78 is 5.67. The van der Waals surface area contributed by atoms with Gasteiger partial charge in [0, 0.05) is 19.2 Å². The molecule has 0 aliphatic heterocycles. The van der Waals surface area contributed by atoms with Crippen molar-refractivity contribution in [1.29, 1.82) is 0 Å². The third-order valence-corrected chi connectivity index (χ3v) is 4.20. The van der Waals surface area contributed by atoms with Crippen LogP contribution >= 0.6 is 11.5 Å². The van der Waals surface area contributed by atoms with E-state index in [1.54, 1.807) is 0 Å². The van der Waals surface area contributed by atoms with E-state index in [9.17, 15) is 4.79 Å². The van der Waals surface area contributed by atoms with Gasteiger partial charge in [-0.05, 0) is 36.2 Å². The van der Waals surface area contributed by atoms with Crippen molar-refractivity contribution >= 4 is 17.4 Å². The Kier molecular flexibility index (Phi) is 4.77. The Morgan fingerprint density at radius 1 is 1.26 bits per heavy atom. The van der Waals surface area contributed by atoms with Crippen molar-refractivity contribution in [2.45, 2.75) is 19.8 Å². The molecule has 0 saturated heterocycles. The molecule has 3 rings (SSSR count). The number of nitrogens with one attached hydrogen (secondary N) is 1. The molecule has 0 saturated carbocycles. The second kappa shape index (κ2) is 7.15. The number of hydrogen-bond acceptors (Lipinski definition) is 5. The van der Waals surface area contributed by atoms with E-state index < -0.39 is 0 Å². The summed E-state index contributed by atoms with van der Waals surface area (Å²) in [6.07, 6.45) is 3.31. The average molecular weight is 327 g/mol. The van der Waals surface area contributed by atoms with Gasteiger partial charge in [0.05, 0.1) is 17.1 Å². The zero-order chi connectivity index (χ0) is 16.1. The van der Waals surface area contributed by atoms with Gasteiger partial charge in [0.15, 0.2) is 0 Å². The molecule has 23 heavy (non-hydrogen) atoms. The van der Waals surface area contributed by atoms with Gasteiger partial charge in [-0.3, -0.25) is 4.79 Å². The van der Waals surface area contributed by atoms with Crippen LogP contribution in [-0.4, -0.2) is 31.8 Å². The molecular formula is C16H17N5OS. The molecule has 7 heteroatoms. The van der Waals surface area contributed by atoms with E-state index >= 15 is 0 Å². The molecular weight excluding hydrogens is 310 g/mol. The first-order valence-electron chi connectivity index (χ1n) is 7.47. The van der Waals surface area contributed by atoms with Crippen LogP contribution in [0.15, 0.2) is 42.6 Å². The van der Waals surface area contributed by atoms with Gasteiger partial charge in [0.2, 0.25) is 0 Å². The Bertz CT molecular complexity index is 781. The zero-order valence-corrected chi connectivity index (χ0v) is 13.6. The second-order valence-electron chi connectivity index (χ2n) is 5.00. The maximum absolute atomic E-state index is 12.1. The van der Waals surface area contributed by atoms with E-state index in [4.69, 9.17) is 0 Å². The predicted octanol–water partition coefficient (Wildman–Crippen LogP) is 2.26. The van der Waals surface area contributed by atoms with E-state index in [0.717, 1.165) is 28.6 Å². The van der Waals surface area contributed by atoms with Gasteiger partial charge >= 0.3 is 0 Å². The fraction of sp³-hybridized carbons (Fsp3) is 0.250. The molecule has 0 fully saturated rings. The quantitative estimate of drug-likeness (QED) is 0.754. The minimum atomic E-state index is -0.112.